The van der Waals surface area contributed by atoms with Gasteiger partial charge in [0.05, 0.1) is 12.2 Å². The molecule has 0 aliphatic carbocycles. The maximum atomic E-state index is 5.93. The summed E-state index contributed by atoms with van der Waals surface area (Å²) in [6.07, 6.45) is 5.89. The molecule has 2 aliphatic heterocycles. The molecule has 8 heteroatoms. The summed E-state index contributed by atoms with van der Waals surface area (Å²) in [4.78, 5) is 6.99. The Morgan fingerprint density at radius 3 is 3.26 bits per heavy atom. The number of hydrogen-bond donors (Lipinski definition) is 0. The van der Waals surface area contributed by atoms with Crippen LogP contribution in [0.15, 0.2) is 29.2 Å². The van der Waals surface area contributed by atoms with Crippen molar-refractivity contribution in [3.05, 3.63) is 30.5 Å². The molecule has 2 unspecified atom stereocenters. The molecule has 2 fully saturated rings. The van der Waals surface area contributed by atoms with Gasteiger partial charge < -0.3 is 9.26 Å². The number of aromatic nitrogens is 5. The van der Waals surface area contributed by atoms with E-state index in [2.05, 4.69) is 25.2 Å². The van der Waals surface area contributed by atoms with Crippen LogP contribution in [-0.2, 0) is 4.74 Å². The lowest BCUT2D eigenvalue weighted by Crippen LogP contribution is -2.42. The average molecular weight is 312 g/mol. The van der Waals surface area contributed by atoms with E-state index in [1.165, 1.54) is 12.8 Å². The van der Waals surface area contributed by atoms with Gasteiger partial charge >= 0.3 is 0 Å². The number of ether oxygens (including phenoxy) is 1. The fraction of sp³-hybridized carbons (Fsp3) is 0.467. The van der Waals surface area contributed by atoms with Gasteiger partial charge in [-0.1, -0.05) is 5.16 Å². The summed E-state index contributed by atoms with van der Waals surface area (Å²) in [5, 5.41) is 12.0. The van der Waals surface area contributed by atoms with Crippen molar-refractivity contribution in [2.24, 2.45) is 0 Å². The monoisotopic (exact) mass is 312 g/mol. The minimum atomic E-state index is -0.111. The molecule has 0 bridgehead atoms. The van der Waals surface area contributed by atoms with Gasteiger partial charge in [-0.05, 0) is 31.5 Å². The van der Waals surface area contributed by atoms with Gasteiger partial charge in [0, 0.05) is 18.8 Å². The highest BCUT2D eigenvalue weighted by Crippen LogP contribution is 2.29. The third kappa shape index (κ3) is 2.22. The Morgan fingerprint density at radius 2 is 2.26 bits per heavy atom. The summed E-state index contributed by atoms with van der Waals surface area (Å²) in [5.41, 5.74) is 1.62. The van der Waals surface area contributed by atoms with Crippen LogP contribution in [0.3, 0.4) is 0 Å². The first-order valence-electron chi connectivity index (χ1n) is 7.86. The Bertz CT molecular complexity index is 843. The predicted octanol–water partition coefficient (Wildman–Crippen LogP) is 1.31. The molecule has 2 saturated heterocycles. The summed E-state index contributed by atoms with van der Waals surface area (Å²) in [6.45, 7) is 2.73. The second kappa shape index (κ2) is 5.10. The SMILES string of the molecule is c1cc2nncn2cc1-c1nc(C2CN3CCCC3CO2)no1. The lowest BCUT2D eigenvalue weighted by atomic mass is 10.2. The summed E-state index contributed by atoms with van der Waals surface area (Å²) in [5.74, 6) is 1.11. The second-order valence-electron chi connectivity index (χ2n) is 6.08. The standard InChI is InChI=1S/C15H16N6O2/c1-2-11-8-22-12(7-20(11)5-1)14-17-15(23-19-14)10-3-4-13-18-16-9-21(13)6-10/h3-4,6,9,11-12H,1-2,5,7-8H2. The maximum absolute atomic E-state index is 5.93. The van der Waals surface area contributed by atoms with Crippen LogP contribution >= 0.6 is 0 Å². The molecular formula is C15H16N6O2. The van der Waals surface area contributed by atoms with E-state index in [0.29, 0.717) is 17.8 Å². The number of hydrogen-bond acceptors (Lipinski definition) is 7. The van der Waals surface area contributed by atoms with Gasteiger partial charge in [0.25, 0.3) is 5.89 Å². The second-order valence-corrected chi connectivity index (χ2v) is 6.08. The van der Waals surface area contributed by atoms with Gasteiger partial charge in [-0.3, -0.25) is 9.30 Å². The molecule has 23 heavy (non-hydrogen) atoms. The van der Waals surface area contributed by atoms with E-state index >= 15 is 0 Å². The van der Waals surface area contributed by atoms with Crippen LogP contribution < -0.4 is 0 Å². The topological polar surface area (TPSA) is 81.6 Å². The van der Waals surface area contributed by atoms with Gasteiger partial charge in [-0.15, -0.1) is 10.2 Å². The van der Waals surface area contributed by atoms with Crippen LogP contribution in [0.5, 0.6) is 0 Å². The highest BCUT2D eigenvalue weighted by Gasteiger charge is 2.34. The van der Waals surface area contributed by atoms with Crippen LogP contribution in [0.4, 0.5) is 0 Å². The first-order chi connectivity index (χ1) is 11.4. The molecule has 0 spiro atoms. The minimum absolute atomic E-state index is 0.111. The summed E-state index contributed by atoms with van der Waals surface area (Å²) in [6, 6.07) is 4.34. The molecular weight excluding hydrogens is 296 g/mol. The fourth-order valence-corrected chi connectivity index (χ4v) is 3.41. The molecule has 0 saturated carbocycles. The zero-order valence-electron chi connectivity index (χ0n) is 12.5. The number of nitrogens with zero attached hydrogens (tertiary/aromatic N) is 6. The van der Waals surface area contributed by atoms with Gasteiger partial charge in [0.15, 0.2) is 5.65 Å². The van der Waals surface area contributed by atoms with Crippen LogP contribution in [-0.4, -0.2) is 55.4 Å². The van der Waals surface area contributed by atoms with Crippen molar-refractivity contribution < 1.29 is 9.26 Å². The van der Waals surface area contributed by atoms with E-state index in [1.807, 2.05) is 22.7 Å². The Kier molecular flexibility index (Phi) is 2.92. The lowest BCUT2D eigenvalue weighted by molar-refractivity contribution is -0.0548. The van der Waals surface area contributed by atoms with Crippen LogP contribution in [0.25, 0.3) is 17.1 Å². The fourth-order valence-electron chi connectivity index (χ4n) is 3.41. The van der Waals surface area contributed by atoms with Crippen molar-refractivity contribution in [2.45, 2.75) is 25.0 Å². The number of rotatable bonds is 2. The van der Waals surface area contributed by atoms with E-state index < -0.39 is 0 Å². The normalized spacial score (nSPS) is 25.0. The molecule has 118 valence electrons. The largest absolute Gasteiger partial charge is 0.367 e. The molecule has 0 amide bonds. The van der Waals surface area contributed by atoms with Crippen LogP contribution in [0.2, 0.25) is 0 Å². The Labute approximate surface area is 132 Å². The summed E-state index contributed by atoms with van der Waals surface area (Å²) in [7, 11) is 0. The van der Waals surface area contributed by atoms with Crippen molar-refractivity contribution in [3.63, 3.8) is 0 Å². The third-order valence-electron chi connectivity index (χ3n) is 4.66. The van der Waals surface area contributed by atoms with Crippen molar-refractivity contribution in [1.82, 2.24) is 29.6 Å². The first-order valence-corrected chi connectivity index (χ1v) is 7.86. The Hall–Kier alpha value is -2.32. The van der Waals surface area contributed by atoms with Crippen molar-refractivity contribution >= 4 is 5.65 Å². The van der Waals surface area contributed by atoms with E-state index in [-0.39, 0.29) is 6.10 Å². The molecule has 2 aliphatic rings. The average Bonchev–Trinajstić information content (AvgIpc) is 3.32. The lowest BCUT2D eigenvalue weighted by Gasteiger charge is -2.33. The Balaban J connectivity index is 1.41. The highest BCUT2D eigenvalue weighted by atomic mass is 16.5. The van der Waals surface area contributed by atoms with E-state index in [4.69, 9.17) is 9.26 Å². The molecule has 0 aromatic carbocycles. The zero-order valence-corrected chi connectivity index (χ0v) is 12.5. The molecule has 3 aromatic heterocycles. The van der Waals surface area contributed by atoms with E-state index in [9.17, 15) is 0 Å². The van der Waals surface area contributed by atoms with Gasteiger partial charge in [-0.2, -0.15) is 4.98 Å². The summed E-state index contributed by atoms with van der Waals surface area (Å²) < 4.78 is 13.2. The molecule has 3 aromatic rings. The molecule has 8 nitrogen and oxygen atoms in total. The van der Waals surface area contributed by atoms with Gasteiger partial charge in [-0.25, -0.2) is 0 Å². The number of pyridine rings is 1. The first kappa shape index (κ1) is 13.1. The van der Waals surface area contributed by atoms with Crippen molar-refractivity contribution in [2.75, 3.05) is 19.7 Å². The molecule has 5 rings (SSSR count). The smallest absolute Gasteiger partial charge is 0.259 e. The van der Waals surface area contributed by atoms with E-state index in [0.717, 1.165) is 30.9 Å². The highest BCUT2D eigenvalue weighted by molar-refractivity contribution is 5.55. The van der Waals surface area contributed by atoms with Gasteiger partial charge in [0.1, 0.15) is 12.4 Å². The van der Waals surface area contributed by atoms with E-state index in [1.54, 1.807) is 6.33 Å². The summed E-state index contributed by atoms with van der Waals surface area (Å²) >= 11 is 0. The molecule has 2 atom stereocenters. The van der Waals surface area contributed by atoms with Gasteiger partial charge in [0.2, 0.25) is 5.82 Å². The van der Waals surface area contributed by atoms with Crippen LogP contribution in [0, 0.1) is 0 Å². The minimum Gasteiger partial charge on any atom is -0.367 e. The zero-order chi connectivity index (χ0) is 15.2. The predicted molar refractivity (Wildman–Crippen MR) is 79.6 cm³/mol. The number of fused-ring (bicyclic) bond motifs is 2. The molecule has 5 heterocycles. The molecule has 0 radical (unpaired) electrons. The third-order valence-corrected chi connectivity index (χ3v) is 4.66. The number of morpholine rings is 1. The maximum Gasteiger partial charge on any atom is 0.259 e. The molecule has 0 N–H and O–H groups in total. The quantitative estimate of drug-likeness (QED) is 0.705. The van der Waals surface area contributed by atoms with Crippen molar-refractivity contribution in [1.29, 1.82) is 0 Å². The Morgan fingerprint density at radius 1 is 1.26 bits per heavy atom. The van der Waals surface area contributed by atoms with Crippen molar-refractivity contribution in [3.8, 4) is 11.5 Å². The van der Waals surface area contributed by atoms with Crippen LogP contribution in [0.1, 0.15) is 24.8 Å².